The van der Waals surface area contributed by atoms with Gasteiger partial charge in [0.15, 0.2) is 11.5 Å². The molecule has 0 bridgehead atoms. The topological polar surface area (TPSA) is 121 Å². The Morgan fingerprint density at radius 2 is 1.74 bits per heavy atom. The molecular weight excluding hydrogens is 540 g/mol. The highest BCUT2D eigenvalue weighted by Gasteiger charge is 2.31. The number of thiophene rings is 1. The molecule has 14 heteroatoms. The number of H-pyrrole nitrogens is 1. The lowest BCUT2D eigenvalue weighted by Gasteiger charge is -2.12. The Labute approximate surface area is 220 Å². The van der Waals surface area contributed by atoms with Crippen LogP contribution >= 0.6 is 11.3 Å². The molecule has 0 fully saturated rings. The highest BCUT2D eigenvalue weighted by atomic mass is 32.1. The molecule has 0 aliphatic rings. The lowest BCUT2D eigenvalue weighted by Crippen LogP contribution is -2.20. The van der Waals surface area contributed by atoms with E-state index in [0.717, 1.165) is 0 Å². The predicted octanol–water partition coefficient (Wildman–Crippen LogP) is 7.10. The number of nitrogens with one attached hydrogen (secondary N) is 4. The maximum absolute atomic E-state index is 13.9. The van der Waals surface area contributed by atoms with Crippen molar-refractivity contribution in [2.24, 2.45) is 0 Å². The molecule has 0 aliphatic carbocycles. The standard InChI is InChI=1S/C25H16F4N6O3S/c26-19-6-3-15(25(27,28)29)10-20(19)32-23(36)31-16-4-1-13(2-5-16)14-9-18-21(30-11-14)34-35-22(18)33-24(37)38-17-7-8-39-12-17/h1-12H,(H2,31,32,36)(H2,30,33,34,35,37). The third-order valence-electron chi connectivity index (χ3n) is 5.36. The van der Waals surface area contributed by atoms with Gasteiger partial charge in [-0.25, -0.2) is 19.0 Å². The number of benzene rings is 2. The van der Waals surface area contributed by atoms with Crippen LogP contribution in [0.4, 0.5) is 44.3 Å². The van der Waals surface area contributed by atoms with Gasteiger partial charge in [-0.15, -0.1) is 11.3 Å². The Bertz CT molecular complexity index is 1650. The molecule has 3 amide bonds. The van der Waals surface area contributed by atoms with E-state index in [9.17, 15) is 27.2 Å². The van der Waals surface area contributed by atoms with E-state index in [0.29, 0.717) is 51.8 Å². The molecule has 9 nitrogen and oxygen atoms in total. The number of aromatic nitrogens is 3. The number of rotatable bonds is 5. The Balaban J connectivity index is 1.27. The Morgan fingerprint density at radius 1 is 0.949 bits per heavy atom. The maximum atomic E-state index is 13.9. The van der Waals surface area contributed by atoms with Crippen LogP contribution < -0.4 is 20.7 Å². The first kappa shape index (κ1) is 25.7. The summed E-state index contributed by atoms with van der Waals surface area (Å²) in [4.78, 5) is 28.7. The molecule has 3 aromatic heterocycles. The first-order chi connectivity index (χ1) is 18.7. The second kappa shape index (κ2) is 10.4. The smallest absolute Gasteiger partial charge is 0.409 e. The molecular formula is C25H16F4N6O3S. The van der Waals surface area contributed by atoms with Gasteiger partial charge in [-0.1, -0.05) is 12.1 Å². The molecule has 0 spiro atoms. The number of fused-ring (bicyclic) bond motifs is 1. The van der Waals surface area contributed by atoms with Gasteiger partial charge < -0.3 is 15.4 Å². The molecule has 0 aliphatic heterocycles. The van der Waals surface area contributed by atoms with Crippen molar-refractivity contribution in [3.63, 3.8) is 0 Å². The van der Waals surface area contributed by atoms with Crippen molar-refractivity contribution in [3.8, 4) is 16.9 Å². The molecule has 39 heavy (non-hydrogen) atoms. The van der Waals surface area contributed by atoms with E-state index in [2.05, 4.69) is 31.1 Å². The van der Waals surface area contributed by atoms with Crippen molar-refractivity contribution >= 4 is 51.7 Å². The molecule has 5 rings (SSSR count). The van der Waals surface area contributed by atoms with Crippen molar-refractivity contribution < 1.29 is 31.9 Å². The molecule has 0 unspecified atom stereocenters. The van der Waals surface area contributed by atoms with E-state index in [1.807, 2.05) is 0 Å². The van der Waals surface area contributed by atoms with Gasteiger partial charge in [0.05, 0.1) is 16.6 Å². The molecule has 0 saturated carbocycles. The summed E-state index contributed by atoms with van der Waals surface area (Å²) in [6.07, 6.45) is -3.82. The fourth-order valence-corrected chi connectivity index (χ4v) is 4.08. The molecule has 5 aromatic rings. The number of carbonyl (C=O) groups excluding carboxylic acids is 2. The van der Waals surface area contributed by atoms with E-state index in [1.165, 1.54) is 11.3 Å². The lowest BCUT2D eigenvalue weighted by molar-refractivity contribution is -0.137. The fraction of sp³-hybridized carbons (Fsp3) is 0.0400. The van der Waals surface area contributed by atoms with Gasteiger partial charge in [0, 0.05) is 22.8 Å². The van der Waals surface area contributed by atoms with Crippen LogP contribution in [0.2, 0.25) is 0 Å². The number of alkyl halides is 3. The average molecular weight is 557 g/mol. The van der Waals surface area contributed by atoms with Crippen LogP contribution in [0.15, 0.2) is 71.6 Å². The number of hydrogen-bond donors (Lipinski definition) is 4. The Hall–Kier alpha value is -4.98. The molecule has 4 N–H and O–H groups in total. The summed E-state index contributed by atoms with van der Waals surface area (Å²) in [6.45, 7) is 0. The highest BCUT2D eigenvalue weighted by Crippen LogP contribution is 2.32. The maximum Gasteiger partial charge on any atom is 0.418 e. The molecule has 0 atom stereocenters. The third-order valence-corrected chi connectivity index (χ3v) is 6.02. The monoisotopic (exact) mass is 556 g/mol. The number of nitrogens with zero attached hydrogens (tertiary/aromatic N) is 2. The number of hydrogen-bond acceptors (Lipinski definition) is 6. The van der Waals surface area contributed by atoms with E-state index in [-0.39, 0.29) is 5.82 Å². The molecule has 198 valence electrons. The van der Waals surface area contributed by atoms with E-state index in [1.54, 1.807) is 53.4 Å². The SMILES string of the molecule is O=C(Nc1ccc(-c2cnc3[nH]nc(NC(=O)Oc4ccsc4)c3c2)cc1)Nc1cc(C(F)(F)F)ccc1F. The number of urea groups is 1. The van der Waals surface area contributed by atoms with Crippen LogP contribution in [0, 0.1) is 5.82 Å². The average Bonchev–Trinajstić information content (AvgIpc) is 3.55. The number of pyridine rings is 1. The van der Waals surface area contributed by atoms with Crippen LogP contribution in [-0.4, -0.2) is 27.3 Å². The Kier molecular flexibility index (Phi) is 6.85. The van der Waals surface area contributed by atoms with Crippen LogP contribution in [0.3, 0.4) is 0 Å². The summed E-state index contributed by atoms with van der Waals surface area (Å²) in [6, 6.07) is 10.6. The number of ether oxygens (including phenoxy) is 1. The molecule has 2 aromatic carbocycles. The van der Waals surface area contributed by atoms with E-state index >= 15 is 0 Å². The zero-order valence-corrected chi connectivity index (χ0v) is 20.3. The molecule has 0 saturated heterocycles. The molecule has 0 radical (unpaired) electrons. The van der Waals surface area contributed by atoms with Gasteiger partial charge in [-0.05, 0) is 53.4 Å². The van der Waals surface area contributed by atoms with Gasteiger partial charge in [-0.3, -0.25) is 10.4 Å². The van der Waals surface area contributed by atoms with Crippen LogP contribution in [0.25, 0.3) is 22.2 Å². The van der Waals surface area contributed by atoms with Crippen LogP contribution in [0.1, 0.15) is 5.56 Å². The largest absolute Gasteiger partial charge is 0.418 e. The minimum atomic E-state index is -4.69. The fourth-order valence-electron chi connectivity index (χ4n) is 3.52. The van der Waals surface area contributed by atoms with Gasteiger partial charge >= 0.3 is 18.3 Å². The number of halogens is 4. The van der Waals surface area contributed by atoms with Crippen molar-refractivity contribution in [1.29, 1.82) is 0 Å². The predicted molar refractivity (Wildman–Crippen MR) is 137 cm³/mol. The minimum absolute atomic E-state index is 0.219. The van der Waals surface area contributed by atoms with Crippen LogP contribution in [-0.2, 0) is 6.18 Å². The van der Waals surface area contributed by atoms with Crippen molar-refractivity contribution in [2.75, 3.05) is 16.0 Å². The van der Waals surface area contributed by atoms with Crippen molar-refractivity contribution in [3.05, 3.63) is 82.9 Å². The van der Waals surface area contributed by atoms with Crippen LogP contribution in [0.5, 0.6) is 5.75 Å². The van der Waals surface area contributed by atoms with Crippen molar-refractivity contribution in [1.82, 2.24) is 15.2 Å². The lowest BCUT2D eigenvalue weighted by atomic mass is 10.1. The summed E-state index contributed by atoms with van der Waals surface area (Å²) in [7, 11) is 0. The second-order valence-corrected chi connectivity index (χ2v) is 8.79. The summed E-state index contributed by atoms with van der Waals surface area (Å²) < 4.78 is 57.8. The zero-order chi connectivity index (χ0) is 27.6. The summed E-state index contributed by atoms with van der Waals surface area (Å²) >= 11 is 1.38. The van der Waals surface area contributed by atoms with Gasteiger partial charge in [0.2, 0.25) is 0 Å². The van der Waals surface area contributed by atoms with Gasteiger partial charge in [0.25, 0.3) is 0 Å². The normalized spacial score (nSPS) is 11.3. The summed E-state index contributed by atoms with van der Waals surface area (Å²) in [5.41, 5.74) is 0.403. The number of carbonyl (C=O) groups is 2. The third kappa shape index (κ3) is 5.96. The summed E-state index contributed by atoms with van der Waals surface area (Å²) in [5, 5.41) is 17.8. The highest BCUT2D eigenvalue weighted by molar-refractivity contribution is 7.08. The quantitative estimate of drug-likeness (QED) is 0.172. The van der Waals surface area contributed by atoms with Gasteiger partial charge in [0.1, 0.15) is 11.6 Å². The minimum Gasteiger partial charge on any atom is -0.409 e. The number of anilines is 3. The zero-order valence-electron chi connectivity index (χ0n) is 19.5. The summed E-state index contributed by atoms with van der Waals surface area (Å²) in [5.74, 6) is -0.390. The number of amides is 3. The van der Waals surface area contributed by atoms with E-state index in [4.69, 9.17) is 4.74 Å². The second-order valence-electron chi connectivity index (χ2n) is 8.01. The van der Waals surface area contributed by atoms with E-state index < -0.39 is 35.4 Å². The number of aromatic amines is 1. The molecule has 3 heterocycles. The van der Waals surface area contributed by atoms with Gasteiger partial charge in [-0.2, -0.15) is 18.3 Å². The first-order valence-corrected chi connectivity index (χ1v) is 12.0. The Morgan fingerprint density at radius 3 is 2.46 bits per heavy atom. The van der Waals surface area contributed by atoms with Crippen molar-refractivity contribution in [2.45, 2.75) is 6.18 Å². The first-order valence-electron chi connectivity index (χ1n) is 11.1.